The summed E-state index contributed by atoms with van der Waals surface area (Å²) in [6.45, 7) is 0.448. The molecule has 1 fully saturated rings. The number of nitrogens with two attached hydrogens (primary N) is 1. The number of benzene rings is 1. The smallest absolute Gasteiger partial charge is 0.408 e. The second kappa shape index (κ2) is 9.84. The number of carbonyl (C=O) groups excluding carboxylic acids is 3. The average molecular weight is 509 g/mol. The maximum absolute atomic E-state index is 14.3. The van der Waals surface area contributed by atoms with Crippen molar-refractivity contribution in [2.75, 3.05) is 6.54 Å². The number of halogens is 1. The van der Waals surface area contributed by atoms with Gasteiger partial charge in [-0.3, -0.25) is 19.4 Å². The average Bonchev–Trinajstić information content (AvgIpc) is 3.46. The van der Waals surface area contributed by atoms with E-state index >= 15 is 0 Å². The number of aromatic nitrogens is 4. The van der Waals surface area contributed by atoms with Gasteiger partial charge in [-0.1, -0.05) is 6.07 Å². The first-order valence-electron chi connectivity index (χ1n) is 11.8. The third kappa shape index (κ3) is 5.06. The summed E-state index contributed by atoms with van der Waals surface area (Å²) in [6, 6.07) is 6.19. The highest BCUT2D eigenvalue weighted by atomic mass is 19.1. The number of amides is 3. The molecule has 1 aliphatic rings. The first kappa shape index (κ1) is 24.2. The molecule has 0 saturated heterocycles. The number of carbonyl (C=O) groups is 3. The van der Waals surface area contributed by atoms with E-state index in [-0.39, 0.29) is 41.3 Å². The molecule has 0 unspecified atom stereocenters. The second-order valence-electron chi connectivity index (χ2n) is 9.11. The van der Waals surface area contributed by atoms with Crippen LogP contribution in [0.15, 0.2) is 39.7 Å². The molecule has 0 spiro atoms. The number of hydrogen-bond donors (Lipinski definition) is 4. The van der Waals surface area contributed by atoms with E-state index in [1.807, 2.05) is 0 Å². The van der Waals surface area contributed by atoms with Crippen molar-refractivity contribution in [2.45, 2.75) is 32.2 Å². The number of nitrogens with zero attached hydrogens (tertiary/aromatic N) is 3. The van der Waals surface area contributed by atoms with Gasteiger partial charge in [0.2, 0.25) is 5.91 Å². The van der Waals surface area contributed by atoms with Crippen molar-refractivity contribution in [3.63, 3.8) is 0 Å². The molecule has 5 rings (SSSR count). The Bertz CT molecular complexity index is 1560. The van der Waals surface area contributed by atoms with Crippen LogP contribution in [0.3, 0.4) is 0 Å². The molecule has 3 heterocycles. The van der Waals surface area contributed by atoms with Crippen molar-refractivity contribution in [1.82, 2.24) is 30.2 Å². The summed E-state index contributed by atoms with van der Waals surface area (Å²) < 4.78 is 20.3. The first-order chi connectivity index (χ1) is 17.8. The molecule has 37 heavy (non-hydrogen) atoms. The van der Waals surface area contributed by atoms with E-state index in [1.54, 1.807) is 18.2 Å². The highest BCUT2D eigenvalue weighted by molar-refractivity contribution is 5.98. The van der Waals surface area contributed by atoms with Crippen molar-refractivity contribution in [3.8, 4) is 0 Å². The molecule has 1 saturated carbocycles. The van der Waals surface area contributed by atoms with E-state index in [1.165, 1.54) is 6.07 Å². The van der Waals surface area contributed by atoms with E-state index in [9.17, 15) is 23.6 Å². The van der Waals surface area contributed by atoms with Crippen molar-refractivity contribution in [1.29, 1.82) is 0 Å². The zero-order valence-electron chi connectivity index (χ0n) is 19.6. The van der Waals surface area contributed by atoms with Crippen LogP contribution in [-0.2, 0) is 11.3 Å². The number of rotatable bonds is 7. The van der Waals surface area contributed by atoms with Gasteiger partial charge in [-0.2, -0.15) is 5.10 Å². The zero-order valence-corrected chi connectivity index (χ0v) is 19.6. The van der Waals surface area contributed by atoms with Crippen molar-refractivity contribution in [2.24, 2.45) is 17.6 Å². The summed E-state index contributed by atoms with van der Waals surface area (Å²) in [7, 11) is 0. The Hall–Kier alpha value is -4.55. The van der Waals surface area contributed by atoms with E-state index in [0.717, 1.165) is 23.6 Å². The van der Waals surface area contributed by atoms with Crippen LogP contribution in [0.25, 0.3) is 16.7 Å². The van der Waals surface area contributed by atoms with Crippen LogP contribution in [0.1, 0.15) is 52.2 Å². The highest BCUT2D eigenvalue weighted by Crippen LogP contribution is 2.28. The second-order valence-corrected chi connectivity index (χ2v) is 9.11. The summed E-state index contributed by atoms with van der Waals surface area (Å²) in [5, 5.41) is 9.39. The molecule has 0 radical (unpaired) electrons. The summed E-state index contributed by atoms with van der Waals surface area (Å²) >= 11 is 0. The Morgan fingerprint density at radius 1 is 1.14 bits per heavy atom. The van der Waals surface area contributed by atoms with Gasteiger partial charge in [-0.05, 0) is 49.3 Å². The van der Waals surface area contributed by atoms with Gasteiger partial charge in [0.15, 0.2) is 17.0 Å². The highest BCUT2D eigenvalue weighted by Gasteiger charge is 2.26. The molecule has 0 aliphatic heterocycles. The number of hydrogen-bond acceptors (Lipinski definition) is 7. The van der Waals surface area contributed by atoms with E-state index in [2.05, 4.69) is 25.7 Å². The van der Waals surface area contributed by atoms with Gasteiger partial charge < -0.3 is 20.8 Å². The molecular formula is C24H24FN7O5. The summed E-state index contributed by atoms with van der Waals surface area (Å²) in [4.78, 5) is 55.1. The Kier molecular flexibility index (Phi) is 6.42. The van der Waals surface area contributed by atoms with Gasteiger partial charge in [0.1, 0.15) is 11.4 Å². The predicted octanol–water partition coefficient (Wildman–Crippen LogP) is 1.25. The number of oxazole rings is 1. The van der Waals surface area contributed by atoms with E-state index in [4.69, 9.17) is 10.2 Å². The van der Waals surface area contributed by atoms with Gasteiger partial charge in [0.05, 0.1) is 11.7 Å². The summed E-state index contributed by atoms with van der Waals surface area (Å²) in [6.07, 6.45) is 3.78. The first-order valence-corrected chi connectivity index (χ1v) is 11.8. The fraction of sp³-hybridized carbons (Fsp3) is 0.333. The summed E-state index contributed by atoms with van der Waals surface area (Å²) in [5.41, 5.74) is 6.48. The molecule has 13 heteroatoms. The lowest BCUT2D eigenvalue weighted by molar-refractivity contribution is -0.122. The predicted molar refractivity (Wildman–Crippen MR) is 128 cm³/mol. The normalized spacial score (nSPS) is 17.6. The number of nitrogens with one attached hydrogen (secondary N) is 3. The molecular weight excluding hydrogens is 485 g/mol. The van der Waals surface area contributed by atoms with Crippen LogP contribution >= 0.6 is 0 Å². The van der Waals surface area contributed by atoms with E-state index in [0.29, 0.717) is 36.0 Å². The van der Waals surface area contributed by atoms with Crippen molar-refractivity contribution < 1.29 is 23.2 Å². The van der Waals surface area contributed by atoms with Gasteiger partial charge >= 0.3 is 5.76 Å². The fourth-order valence-electron chi connectivity index (χ4n) is 4.57. The largest absolute Gasteiger partial charge is 0.417 e. The Morgan fingerprint density at radius 2 is 1.92 bits per heavy atom. The SMILES string of the molecule is NC(=O)C1CCC(CNC(=O)c2cc(C(=O)NCc3ccc4oc(=O)[nH]c4c3)nc3c(F)cnn23)CC1. The molecule has 1 aliphatic carbocycles. The minimum atomic E-state index is -0.775. The maximum atomic E-state index is 14.3. The fourth-order valence-corrected chi connectivity index (χ4v) is 4.57. The van der Waals surface area contributed by atoms with Gasteiger partial charge in [0.25, 0.3) is 11.8 Å². The minimum absolute atomic E-state index is 0.0396. The van der Waals surface area contributed by atoms with Crippen LogP contribution < -0.4 is 22.1 Å². The van der Waals surface area contributed by atoms with Crippen molar-refractivity contribution >= 4 is 34.5 Å². The van der Waals surface area contributed by atoms with Crippen LogP contribution in [0.5, 0.6) is 0 Å². The van der Waals surface area contributed by atoms with E-state index < -0.39 is 23.4 Å². The molecule has 1 aromatic carbocycles. The molecule has 3 aromatic heterocycles. The molecule has 4 aromatic rings. The molecule has 0 atom stereocenters. The Balaban J connectivity index is 1.29. The lowest BCUT2D eigenvalue weighted by Gasteiger charge is -2.26. The number of H-pyrrole nitrogens is 1. The third-order valence-corrected chi connectivity index (χ3v) is 6.63. The number of primary amides is 1. The van der Waals surface area contributed by atoms with Crippen LogP contribution in [-0.4, -0.2) is 43.8 Å². The van der Waals surface area contributed by atoms with Crippen LogP contribution in [0, 0.1) is 17.7 Å². The Labute approximate surface area is 208 Å². The number of fused-ring (bicyclic) bond motifs is 2. The topological polar surface area (TPSA) is 177 Å². The quantitative estimate of drug-likeness (QED) is 0.290. The summed E-state index contributed by atoms with van der Waals surface area (Å²) in [5.74, 6) is -2.77. The number of aromatic amines is 1. The molecule has 12 nitrogen and oxygen atoms in total. The van der Waals surface area contributed by atoms with Gasteiger partial charge in [-0.15, -0.1) is 0 Å². The maximum Gasteiger partial charge on any atom is 0.417 e. The van der Waals surface area contributed by atoms with Crippen LogP contribution in [0.2, 0.25) is 0 Å². The zero-order chi connectivity index (χ0) is 26.1. The standard InChI is InChI=1S/C24H24FN7O5/c25-15-11-29-32-18(23(35)28-9-12-1-4-14(5-2-12)20(26)33)8-17(30-21(15)32)22(34)27-10-13-3-6-19-16(7-13)31-24(36)37-19/h3,6-8,11-12,14H,1-2,4-5,9-10H2,(H2,26,33)(H,27,34)(H,28,35)(H,31,36). The van der Waals surface area contributed by atoms with Crippen LogP contribution in [0.4, 0.5) is 4.39 Å². The monoisotopic (exact) mass is 509 g/mol. The third-order valence-electron chi connectivity index (χ3n) is 6.63. The lowest BCUT2D eigenvalue weighted by Crippen LogP contribution is -2.35. The van der Waals surface area contributed by atoms with Gasteiger partial charge in [0, 0.05) is 25.1 Å². The Morgan fingerprint density at radius 3 is 2.68 bits per heavy atom. The lowest BCUT2D eigenvalue weighted by atomic mass is 9.81. The van der Waals surface area contributed by atoms with Gasteiger partial charge in [-0.25, -0.2) is 18.7 Å². The molecule has 192 valence electrons. The molecule has 5 N–H and O–H groups in total. The van der Waals surface area contributed by atoms with Crippen molar-refractivity contribution in [3.05, 3.63) is 63.8 Å². The molecule has 0 bridgehead atoms. The molecule has 3 amide bonds. The minimum Gasteiger partial charge on any atom is -0.408 e.